The molecule has 1 fully saturated rings. The van der Waals surface area contributed by atoms with Crippen molar-refractivity contribution in [2.45, 2.75) is 90.9 Å². The number of nitrogens with one attached hydrogen (secondary N) is 1. The third-order valence-corrected chi connectivity index (χ3v) is 6.70. The van der Waals surface area contributed by atoms with E-state index in [1.54, 1.807) is 6.20 Å². The summed E-state index contributed by atoms with van der Waals surface area (Å²) in [4.78, 5) is 21.8. The van der Waals surface area contributed by atoms with Gasteiger partial charge in [0.05, 0.1) is 5.56 Å². The van der Waals surface area contributed by atoms with Crippen molar-refractivity contribution < 1.29 is 9.90 Å². The molecule has 0 spiro atoms. The molecule has 6 heteroatoms. The smallest absolute Gasteiger partial charge is 0.252 e. The summed E-state index contributed by atoms with van der Waals surface area (Å²) in [7, 11) is 0. The van der Waals surface area contributed by atoms with Crippen LogP contribution < -0.4 is 10.2 Å². The SMILES string of the molecule is CC(C)CN1CCN(c2ccc(C(=O)NCCCCCCCCCCCCCCO)cn2)CC1. The van der Waals surface area contributed by atoms with Gasteiger partial charge >= 0.3 is 0 Å². The minimum Gasteiger partial charge on any atom is -0.396 e. The number of amides is 1. The van der Waals surface area contributed by atoms with E-state index in [0.29, 0.717) is 18.1 Å². The highest BCUT2D eigenvalue weighted by atomic mass is 16.2. The Balaban J connectivity index is 1.48. The summed E-state index contributed by atoms with van der Waals surface area (Å²) in [5, 5.41) is 11.8. The highest BCUT2D eigenvalue weighted by Gasteiger charge is 2.18. The minimum absolute atomic E-state index is 0.0141. The van der Waals surface area contributed by atoms with Crippen molar-refractivity contribution >= 4 is 11.7 Å². The molecule has 0 atom stereocenters. The first kappa shape index (κ1) is 28.6. The molecule has 0 aromatic carbocycles. The number of nitrogens with zero attached hydrogens (tertiary/aromatic N) is 3. The lowest BCUT2D eigenvalue weighted by Gasteiger charge is -2.36. The van der Waals surface area contributed by atoms with Gasteiger partial charge in [-0.05, 0) is 30.9 Å². The van der Waals surface area contributed by atoms with Crippen LogP contribution in [0.5, 0.6) is 0 Å². The topological polar surface area (TPSA) is 68.7 Å². The predicted molar refractivity (Wildman–Crippen MR) is 143 cm³/mol. The molecule has 1 aromatic rings. The Bertz CT molecular complexity index is 642. The number of piperazine rings is 1. The van der Waals surface area contributed by atoms with Gasteiger partial charge in [0.25, 0.3) is 5.91 Å². The molecule has 1 aliphatic heterocycles. The normalized spacial score (nSPS) is 14.6. The minimum atomic E-state index is -0.0141. The van der Waals surface area contributed by atoms with Gasteiger partial charge in [-0.1, -0.05) is 78.1 Å². The van der Waals surface area contributed by atoms with Gasteiger partial charge in [-0.2, -0.15) is 0 Å². The average Bonchev–Trinajstić information content (AvgIpc) is 2.84. The number of aromatic nitrogens is 1. The van der Waals surface area contributed by atoms with E-state index in [0.717, 1.165) is 57.9 Å². The number of hydrogen-bond acceptors (Lipinski definition) is 5. The van der Waals surface area contributed by atoms with Crippen molar-refractivity contribution in [1.82, 2.24) is 15.2 Å². The number of aliphatic hydroxyl groups excluding tert-OH is 1. The zero-order valence-electron chi connectivity index (χ0n) is 21.9. The maximum Gasteiger partial charge on any atom is 0.252 e. The molecule has 0 saturated carbocycles. The van der Waals surface area contributed by atoms with Crippen molar-refractivity contribution in [3.63, 3.8) is 0 Å². The van der Waals surface area contributed by atoms with Crippen molar-refractivity contribution in [3.05, 3.63) is 23.9 Å². The standard InChI is InChI=1S/C28H50N4O2/c1-25(2)24-31-18-20-32(21-19-31)27-16-15-26(23-30-27)28(34)29-17-13-11-9-7-5-3-4-6-8-10-12-14-22-33/h15-16,23,25,33H,3-14,17-22,24H2,1-2H3,(H,29,34). The Labute approximate surface area is 208 Å². The molecule has 6 nitrogen and oxygen atoms in total. The van der Waals surface area contributed by atoms with E-state index >= 15 is 0 Å². The quantitative estimate of drug-likeness (QED) is 0.284. The largest absolute Gasteiger partial charge is 0.396 e. The molecule has 2 N–H and O–H groups in total. The molecule has 34 heavy (non-hydrogen) atoms. The van der Waals surface area contributed by atoms with Crippen LogP contribution in [0, 0.1) is 5.92 Å². The highest BCUT2D eigenvalue weighted by Crippen LogP contribution is 2.15. The number of carbonyl (C=O) groups excluding carboxylic acids is 1. The van der Waals surface area contributed by atoms with Crippen molar-refractivity contribution in [1.29, 1.82) is 0 Å². The molecule has 0 bridgehead atoms. The van der Waals surface area contributed by atoms with E-state index in [-0.39, 0.29) is 5.91 Å². The Kier molecular flexibility index (Phi) is 14.9. The van der Waals surface area contributed by atoms with Crippen molar-refractivity contribution in [3.8, 4) is 0 Å². The molecule has 1 amide bonds. The highest BCUT2D eigenvalue weighted by molar-refractivity contribution is 5.94. The summed E-state index contributed by atoms with van der Waals surface area (Å²) in [5.74, 6) is 1.67. The van der Waals surface area contributed by atoms with Gasteiger partial charge in [0.2, 0.25) is 0 Å². The Hall–Kier alpha value is -1.66. The van der Waals surface area contributed by atoms with Gasteiger partial charge in [0.15, 0.2) is 0 Å². The lowest BCUT2D eigenvalue weighted by Crippen LogP contribution is -2.47. The van der Waals surface area contributed by atoms with Gasteiger partial charge < -0.3 is 15.3 Å². The van der Waals surface area contributed by atoms with Crippen LogP contribution in [-0.4, -0.2) is 66.8 Å². The van der Waals surface area contributed by atoms with Gasteiger partial charge in [-0.15, -0.1) is 0 Å². The van der Waals surface area contributed by atoms with Gasteiger partial charge in [0.1, 0.15) is 5.82 Å². The van der Waals surface area contributed by atoms with Gasteiger partial charge in [-0.3, -0.25) is 9.69 Å². The first-order chi connectivity index (χ1) is 16.6. The number of hydrogen-bond donors (Lipinski definition) is 2. The second kappa shape index (κ2) is 17.7. The fourth-order valence-electron chi connectivity index (χ4n) is 4.69. The second-order valence-electron chi connectivity index (χ2n) is 10.3. The number of unbranched alkanes of at least 4 members (excludes halogenated alkanes) is 11. The zero-order valence-corrected chi connectivity index (χ0v) is 21.9. The zero-order chi connectivity index (χ0) is 24.4. The van der Waals surface area contributed by atoms with Crippen LogP contribution in [0.25, 0.3) is 0 Å². The van der Waals surface area contributed by atoms with Crippen molar-refractivity contribution in [2.24, 2.45) is 5.92 Å². The number of aliphatic hydroxyl groups is 1. The van der Waals surface area contributed by atoms with Crippen LogP contribution in [0.4, 0.5) is 5.82 Å². The summed E-state index contributed by atoms with van der Waals surface area (Å²) < 4.78 is 0. The predicted octanol–water partition coefficient (Wildman–Crippen LogP) is 5.26. The van der Waals surface area contributed by atoms with Crippen LogP contribution in [0.2, 0.25) is 0 Å². The molecule has 0 aliphatic carbocycles. The molecule has 1 aromatic heterocycles. The molecular weight excluding hydrogens is 424 g/mol. The van der Waals surface area contributed by atoms with E-state index in [1.165, 1.54) is 64.2 Å². The number of anilines is 1. The number of pyridine rings is 1. The van der Waals surface area contributed by atoms with Crippen LogP contribution in [0.15, 0.2) is 18.3 Å². The molecular formula is C28H50N4O2. The second-order valence-corrected chi connectivity index (χ2v) is 10.3. The van der Waals surface area contributed by atoms with Crippen LogP contribution >= 0.6 is 0 Å². The Morgan fingerprint density at radius 3 is 1.94 bits per heavy atom. The summed E-state index contributed by atoms with van der Waals surface area (Å²) >= 11 is 0. The first-order valence-corrected chi connectivity index (χ1v) is 13.9. The van der Waals surface area contributed by atoms with Gasteiger partial charge in [-0.25, -0.2) is 4.98 Å². The van der Waals surface area contributed by atoms with E-state index < -0.39 is 0 Å². The number of rotatable bonds is 18. The first-order valence-electron chi connectivity index (χ1n) is 13.9. The van der Waals surface area contributed by atoms with E-state index in [2.05, 4.69) is 33.9 Å². The van der Waals surface area contributed by atoms with E-state index in [9.17, 15) is 4.79 Å². The third kappa shape index (κ3) is 12.2. The summed E-state index contributed by atoms with van der Waals surface area (Å²) in [6, 6.07) is 3.90. The van der Waals surface area contributed by atoms with Crippen molar-refractivity contribution in [2.75, 3.05) is 50.8 Å². The maximum absolute atomic E-state index is 12.4. The average molecular weight is 475 g/mol. The van der Waals surface area contributed by atoms with Crippen LogP contribution in [-0.2, 0) is 0 Å². The van der Waals surface area contributed by atoms with E-state index in [1.807, 2.05) is 12.1 Å². The molecule has 0 radical (unpaired) electrons. The summed E-state index contributed by atoms with van der Waals surface area (Å²) in [6.07, 6.45) is 16.6. The Morgan fingerprint density at radius 1 is 0.882 bits per heavy atom. The van der Waals surface area contributed by atoms with E-state index in [4.69, 9.17) is 5.11 Å². The molecule has 1 saturated heterocycles. The fourth-order valence-corrected chi connectivity index (χ4v) is 4.69. The lowest BCUT2D eigenvalue weighted by molar-refractivity contribution is 0.0952. The third-order valence-electron chi connectivity index (χ3n) is 6.70. The van der Waals surface area contributed by atoms with Crippen LogP contribution in [0.1, 0.15) is 101 Å². The summed E-state index contributed by atoms with van der Waals surface area (Å²) in [6.45, 7) is 10.9. The molecule has 2 heterocycles. The maximum atomic E-state index is 12.4. The molecule has 1 aliphatic rings. The van der Waals surface area contributed by atoms with Gasteiger partial charge in [0, 0.05) is 52.1 Å². The number of carbonyl (C=O) groups is 1. The molecule has 2 rings (SSSR count). The molecule has 194 valence electrons. The van der Waals surface area contributed by atoms with Crippen LogP contribution in [0.3, 0.4) is 0 Å². The Morgan fingerprint density at radius 2 is 1.44 bits per heavy atom. The monoisotopic (exact) mass is 474 g/mol. The molecule has 0 unspecified atom stereocenters. The summed E-state index contributed by atoms with van der Waals surface area (Å²) in [5.41, 5.74) is 0.651. The fraction of sp³-hybridized carbons (Fsp3) is 0.786. The lowest BCUT2D eigenvalue weighted by atomic mass is 10.1.